The molecule has 6 heteroatoms. The van der Waals surface area contributed by atoms with Crippen LogP contribution in [0.2, 0.25) is 0 Å². The van der Waals surface area contributed by atoms with Gasteiger partial charge < -0.3 is 15.5 Å². The van der Waals surface area contributed by atoms with E-state index in [2.05, 4.69) is 5.32 Å². The smallest absolute Gasteiger partial charge is 0.328 e. The Kier molecular flexibility index (Phi) is 3.75. The maximum Gasteiger partial charge on any atom is 0.328 e. The summed E-state index contributed by atoms with van der Waals surface area (Å²) in [6, 6.07) is 4.04. The molecule has 1 aromatic carbocycles. The first-order valence-corrected chi connectivity index (χ1v) is 4.39. The predicted molar refractivity (Wildman–Crippen MR) is 54.2 cm³/mol. The SMILES string of the molecule is NNC(=O)NCCc1ccc(O)c(O)c1. The van der Waals surface area contributed by atoms with Gasteiger partial charge in [0.05, 0.1) is 0 Å². The van der Waals surface area contributed by atoms with Crippen LogP contribution in [-0.2, 0) is 6.42 Å². The molecule has 0 saturated heterocycles. The lowest BCUT2D eigenvalue weighted by Crippen LogP contribution is -2.40. The average Bonchev–Trinajstić information content (AvgIpc) is 2.23. The Bertz CT molecular complexity index is 354. The van der Waals surface area contributed by atoms with E-state index in [1.54, 1.807) is 6.07 Å². The normalized spacial score (nSPS) is 9.67. The zero-order chi connectivity index (χ0) is 11.3. The zero-order valence-electron chi connectivity index (χ0n) is 8.03. The minimum Gasteiger partial charge on any atom is -0.504 e. The van der Waals surface area contributed by atoms with Gasteiger partial charge in [-0.25, -0.2) is 10.6 Å². The fourth-order valence-corrected chi connectivity index (χ4v) is 1.10. The maximum absolute atomic E-state index is 10.7. The van der Waals surface area contributed by atoms with Crippen LogP contribution in [0.1, 0.15) is 5.56 Å². The average molecular weight is 211 g/mol. The third-order valence-corrected chi connectivity index (χ3v) is 1.87. The molecule has 1 rings (SSSR count). The molecular weight excluding hydrogens is 198 g/mol. The van der Waals surface area contributed by atoms with Crippen molar-refractivity contribution in [3.8, 4) is 11.5 Å². The highest BCUT2D eigenvalue weighted by Crippen LogP contribution is 2.24. The third-order valence-electron chi connectivity index (χ3n) is 1.87. The van der Waals surface area contributed by atoms with Crippen LogP contribution in [0, 0.1) is 0 Å². The van der Waals surface area contributed by atoms with Crippen molar-refractivity contribution in [2.45, 2.75) is 6.42 Å². The number of nitrogens with two attached hydrogens (primary N) is 1. The molecule has 0 fully saturated rings. The Morgan fingerprint density at radius 1 is 1.33 bits per heavy atom. The minimum atomic E-state index is -0.460. The van der Waals surface area contributed by atoms with Gasteiger partial charge in [0, 0.05) is 6.54 Å². The van der Waals surface area contributed by atoms with Crippen LogP contribution in [0.4, 0.5) is 4.79 Å². The van der Waals surface area contributed by atoms with Crippen molar-refractivity contribution >= 4 is 6.03 Å². The number of carbonyl (C=O) groups is 1. The Labute approximate surface area is 86.7 Å². The molecule has 0 aliphatic heterocycles. The molecule has 6 N–H and O–H groups in total. The standard InChI is InChI=1S/C9H13N3O3/c10-12-9(15)11-4-3-6-1-2-7(13)8(14)5-6/h1-2,5,13-14H,3-4,10H2,(H2,11,12,15). The highest BCUT2D eigenvalue weighted by Gasteiger charge is 2.01. The predicted octanol–water partition coefficient (Wildman–Crippen LogP) is -0.187. The Hall–Kier alpha value is -1.95. The van der Waals surface area contributed by atoms with Gasteiger partial charge in [-0.1, -0.05) is 6.07 Å². The number of amides is 2. The maximum atomic E-state index is 10.7. The van der Waals surface area contributed by atoms with E-state index in [0.29, 0.717) is 13.0 Å². The zero-order valence-corrected chi connectivity index (χ0v) is 8.03. The Morgan fingerprint density at radius 3 is 2.67 bits per heavy atom. The van der Waals surface area contributed by atoms with Crippen LogP contribution in [0.3, 0.4) is 0 Å². The second kappa shape index (κ2) is 5.06. The number of rotatable bonds is 3. The molecule has 1 aromatic rings. The van der Waals surface area contributed by atoms with Crippen molar-refractivity contribution in [3.05, 3.63) is 23.8 Å². The van der Waals surface area contributed by atoms with E-state index in [1.807, 2.05) is 5.43 Å². The summed E-state index contributed by atoms with van der Waals surface area (Å²) in [5.74, 6) is 4.53. The molecule has 6 nitrogen and oxygen atoms in total. The third kappa shape index (κ3) is 3.35. The molecule has 0 heterocycles. The number of urea groups is 1. The first-order valence-electron chi connectivity index (χ1n) is 4.39. The fourth-order valence-electron chi connectivity index (χ4n) is 1.10. The number of hydrogen-bond donors (Lipinski definition) is 5. The van der Waals surface area contributed by atoms with Gasteiger partial charge in [0.25, 0.3) is 0 Å². The van der Waals surface area contributed by atoms with Crippen molar-refractivity contribution < 1.29 is 15.0 Å². The molecule has 0 aromatic heterocycles. The lowest BCUT2D eigenvalue weighted by Gasteiger charge is -2.05. The largest absolute Gasteiger partial charge is 0.504 e. The van der Waals surface area contributed by atoms with Gasteiger partial charge in [0.15, 0.2) is 11.5 Å². The van der Waals surface area contributed by atoms with Crippen LogP contribution in [0.5, 0.6) is 11.5 Å². The van der Waals surface area contributed by atoms with Crippen LogP contribution in [0.25, 0.3) is 0 Å². The van der Waals surface area contributed by atoms with Crippen LogP contribution < -0.4 is 16.6 Å². The molecule has 0 aliphatic rings. The van der Waals surface area contributed by atoms with Gasteiger partial charge in [-0.2, -0.15) is 0 Å². The molecule has 0 atom stereocenters. The molecule has 0 spiro atoms. The monoisotopic (exact) mass is 211 g/mol. The van der Waals surface area contributed by atoms with Crippen LogP contribution in [-0.4, -0.2) is 22.8 Å². The van der Waals surface area contributed by atoms with Gasteiger partial charge in [-0.15, -0.1) is 0 Å². The summed E-state index contributed by atoms with van der Waals surface area (Å²) < 4.78 is 0. The highest BCUT2D eigenvalue weighted by molar-refractivity contribution is 5.72. The van der Waals surface area contributed by atoms with Gasteiger partial charge in [0.1, 0.15) is 0 Å². The summed E-state index contributed by atoms with van der Waals surface area (Å²) in [6.07, 6.45) is 0.543. The van der Waals surface area contributed by atoms with Gasteiger partial charge >= 0.3 is 6.03 Å². The van der Waals surface area contributed by atoms with Gasteiger partial charge in [-0.3, -0.25) is 5.43 Å². The minimum absolute atomic E-state index is 0.161. The molecule has 0 aliphatic carbocycles. The van der Waals surface area contributed by atoms with Crippen molar-refractivity contribution in [2.75, 3.05) is 6.54 Å². The first-order chi connectivity index (χ1) is 7.13. The summed E-state index contributed by atoms with van der Waals surface area (Å²) in [5, 5.41) is 20.7. The lowest BCUT2D eigenvalue weighted by atomic mass is 10.1. The van der Waals surface area contributed by atoms with E-state index in [4.69, 9.17) is 10.9 Å². The number of phenolic OH excluding ortho intramolecular Hbond substituents is 2. The van der Waals surface area contributed by atoms with Crippen molar-refractivity contribution in [3.63, 3.8) is 0 Å². The van der Waals surface area contributed by atoms with E-state index in [0.717, 1.165) is 5.56 Å². The molecule has 0 saturated carbocycles. The van der Waals surface area contributed by atoms with E-state index in [-0.39, 0.29) is 11.5 Å². The first kappa shape index (κ1) is 11.1. The quantitative estimate of drug-likeness (QED) is 0.207. The van der Waals surface area contributed by atoms with Gasteiger partial charge in [-0.05, 0) is 24.1 Å². The molecule has 82 valence electrons. The summed E-state index contributed by atoms with van der Waals surface area (Å²) in [5.41, 5.74) is 2.74. The summed E-state index contributed by atoms with van der Waals surface area (Å²) in [6.45, 7) is 0.396. The highest BCUT2D eigenvalue weighted by atomic mass is 16.3. The number of hydrazine groups is 1. The molecule has 0 unspecified atom stereocenters. The lowest BCUT2D eigenvalue weighted by molar-refractivity contribution is 0.241. The van der Waals surface area contributed by atoms with Gasteiger partial charge in [0.2, 0.25) is 0 Å². The number of hydrogen-bond acceptors (Lipinski definition) is 4. The number of phenols is 2. The van der Waals surface area contributed by atoms with Crippen molar-refractivity contribution in [1.29, 1.82) is 0 Å². The topological polar surface area (TPSA) is 108 Å². The number of nitrogens with one attached hydrogen (secondary N) is 2. The van der Waals surface area contributed by atoms with E-state index < -0.39 is 6.03 Å². The Morgan fingerprint density at radius 2 is 2.07 bits per heavy atom. The number of benzene rings is 1. The van der Waals surface area contributed by atoms with Crippen LogP contribution >= 0.6 is 0 Å². The summed E-state index contributed by atoms with van der Waals surface area (Å²) in [7, 11) is 0. The fraction of sp³-hybridized carbons (Fsp3) is 0.222. The molecule has 2 amide bonds. The van der Waals surface area contributed by atoms with Crippen molar-refractivity contribution in [2.24, 2.45) is 5.84 Å². The molecule has 0 radical (unpaired) electrons. The van der Waals surface area contributed by atoms with E-state index in [9.17, 15) is 9.90 Å². The molecule has 15 heavy (non-hydrogen) atoms. The van der Waals surface area contributed by atoms with Crippen LogP contribution in [0.15, 0.2) is 18.2 Å². The number of carbonyl (C=O) groups excluding carboxylic acids is 1. The second-order valence-electron chi connectivity index (χ2n) is 2.97. The Balaban J connectivity index is 2.44. The summed E-state index contributed by atoms with van der Waals surface area (Å²) in [4.78, 5) is 10.7. The van der Waals surface area contributed by atoms with E-state index in [1.165, 1.54) is 12.1 Å². The molecule has 0 bridgehead atoms. The second-order valence-corrected chi connectivity index (χ2v) is 2.97. The molecular formula is C9H13N3O3. The van der Waals surface area contributed by atoms with E-state index >= 15 is 0 Å². The summed E-state index contributed by atoms with van der Waals surface area (Å²) >= 11 is 0. The van der Waals surface area contributed by atoms with Crippen molar-refractivity contribution in [1.82, 2.24) is 10.7 Å². The number of aromatic hydroxyl groups is 2.